The molecule has 3 N–H and O–H groups in total. The van der Waals surface area contributed by atoms with Crippen LogP contribution in [0.1, 0.15) is 23.8 Å². The molecule has 0 radical (unpaired) electrons. The number of amides is 1. The maximum Gasteiger partial charge on any atom is 0.409 e. The average molecular weight is 453 g/mol. The molecule has 0 spiro atoms. The first-order valence-corrected chi connectivity index (χ1v) is 11.3. The molecule has 3 aromatic heterocycles. The van der Waals surface area contributed by atoms with E-state index in [0.29, 0.717) is 6.42 Å². The predicted octanol–water partition coefficient (Wildman–Crippen LogP) is 3.62. The van der Waals surface area contributed by atoms with Gasteiger partial charge in [0, 0.05) is 36.0 Å². The molecule has 0 saturated heterocycles. The van der Waals surface area contributed by atoms with Crippen molar-refractivity contribution < 1.29 is 14.6 Å². The second kappa shape index (κ2) is 8.36. The van der Waals surface area contributed by atoms with Gasteiger partial charge in [0.2, 0.25) is 0 Å². The van der Waals surface area contributed by atoms with E-state index in [-0.39, 0.29) is 12.6 Å². The molecule has 2 unspecified atom stereocenters. The minimum atomic E-state index is -0.591. The quantitative estimate of drug-likeness (QED) is 0.423. The van der Waals surface area contributed by atoms with Crippen molar-refractivity contribution in [1.82, 2.24) is 25.1 Å². The van der Waals surface area contributed by atoms with E-state index >= 15 is 0 Å². The standard InChI is InChI=1S/C22H24N6O3S/c1-12(29)10-28(2)22(30)31-15-4-5-16-18(8-15)32-21-19(16)20(23-11-24-21)26-14-3-6-17-13(7-14)9-25-27-17/h3,6-7,9,11-12,15,29H,4-5,8,10H2,1-2H3,(H,25,27)(H,23,24,26). The van der Waals surface area contributed by atoms with Crippen molar-refractivity contribution in [3.05, 3.63) is 41.2 Å². The van der Waals surface area contributed by atoms with Crippen molar-refractivity contribution in [2.75, 3.05) is 18.9 Å². The topological polar surface area (TPSA) is 116 Å². The molecule has 32 heavy (non-hydrogen) atoms. The number of benzene rings is 1. The lowest BCUT2D eigenvalue weighted by molar-refractivity contribution is 0.0514. The molecule has 1 aliphatic rings. The molecule has 1 aliphatic carbocycles. The van der Waals surface area contributed by atoms with Crippen LogP contribution >= 0.6 is 11.3 Å². The number of hydrogen-bond donors (Lipinski definition) is 3. The summed E-state index contributed by atoms with van der Waals surface area (Å²) >= 11 is 1.63. The third-order valence-electron chi connectivity index (χ3n) is 5.62. The van der Waals surface area contributed by atoms with Crippen molar-refractivity contribution >= 4 is 50.1 Å². The molecule has 0 fully saturated rings. The van der Waals surface area contributed by atoms with E-state index in [1.807, 2.05) is 18.2 Å². The summed E-state index contributed by atoms with van der Waals surface area (Å²) in [6, 6.07) is 6.01. The fraction of sp³-hybridized carbons (Fsp3) is 0.364. The molecule has 1 aromatic carbocycles. The van der Waals surface area contributed by atoms with Crippen molar-refractivity contribution in [2.45, 2.75) is 38.4 Å². The first kappa shape index (κ1) is 20.7. The van der Waals surface area contributed by atoms with Crippen molar-refractivity contribution in [1.29, 1.82) is 0 Å². The normalized spacial score (nSPS) is 16.7. The monoisotopic (exact) mass is 452 g/mol. The Bertz CT molecular complexity index is 1280. The summed E-state index contributed by atoms with van der Waals surface area (Å²) in [6.07, 6.45) is 4.37. The van der Waals surface area contributed by atoms with E-state index in [1.165, 1.54) is 15.3 Å². The van der Waals surface area contributed by atoms with E-state index in [0.717, 1.165) is 45.5 Å². The lowest BCUT2D eigenvalue weighted by Crippen LogP contribution is -2.37. The number of hydrogen-bond acceptors (Lipinski definition) is 8. The number of rotatable bonds is 5. The Morgan fingerprint density at radius 1 is 1.44 bits per heavy atom. The van der Waals surface area contributed by atoms with Gasteiger partial charge in [0.25, 0.3) is 0 Å². The molecule has 166 valence electrons. The number of carbonyl (C=O) groups is 1. The van der Waals surface area contributed by atoms with Crippen LogP contribution in [-0.4, -0.2) is 62.1 Å². The number of fused-ring (bicyclic) bond motifs is 4. The highest BCUT2D eigenvalue weighted by molar-refractivity contribution is 7.19. The summed E-state index contributed by atoms with van der Waals surface area (Å²) in [5.41, 5.74) is 3.14. The number of thiophene rings is 1. The fourth-order valence-electron chi connectivity index (χ4n) is 4.14. The Balaban J connectivity index is 1.37. The lowest BCUT2D eigenvalue weighted by atomic mass is 9.94. The van der Waals surface area contributed by atoms with Gasteiger partial charge in [-0.1, -0.05) is 0 Å². The van der Waals surface area contributed by atoms with Gasteiger partial charge in [-0.2, -0.15) is 5.10 Å². The molecule has 5 rings (SSSR count). The molecule has 4 aromatic rings. The summed E-state index contributed by atoms with van der Waals surface area (Å²) in [7, 11) is 1.64. The van der Waals surface area contributed by atoms with Crippen molar-refractivity contribution in [3.63, 3.8) is 0 Å². The number of aromatic amines is 1. The van der Waals surface area contributed by atoms with Crippen molar-refractivity contribution in [2.24, 2.45) is 0 Å². The zero-order valence-electron chi connectivity index (χ0n) is 17.8. The van der Waals surface area contributed by atoms with Gasteiger partial charge >= 0.3 is 6.09 Å². The number of H-pyrrole nitrogens is 1. The summed E-state index contributed by atoms with van der Waals surface area (Å²) < 4.78 is 5.69. The van der Waals surface area contributed by atoms with Gasteiger partial charge in [-0.3, -0.25) is 5.10 Å². The average Bonchev–Trinajstić information content (AvgIpc) is 3.37. The van der Waals surface area contributed by atoms with Crippen LogP contribution in [0.5, 0.6) is 0 Å². The highest BCUT2D eigenvalue weighted by Crippen LogP contribution is 2.39. The Morgan fingerprint density at radius 2 is 2.31 bits per heavy atom. The summed E-state index contributed by atoms with van der Waals surface area (Å²) in [4.78, 5) is 24.8. The first-order valence-electron chi connectivity index (χ1n) is 10.5. The molecule has 0 saturated carbocycles. The molecule has 0 aliphatic heterocycles. The molecule has 2 atom stereocenters. The van der Waals surface area contributed by atoms with E-state index in [2.05, 4.69) is 25.5 Å². The predicted molar refractivity (Wildman–Crippen MR) is 123 cm³/mol. The SMILES string of the molecule is CC(O)CN(C)C(=O)OC1CCc2c(sc3ncnc(Nc4ccc5[nH]ncc5c4)c23)C1. The Kier molecular flexibility index (Phi) is 5.40. The van der Waals surface area contributed by atoms with Crippen LogP contribution in [0.4, 0.5) is 16.3 Å². The fourth-order valence-corrected chi connectivity index (χ4v) is 5.39. The number of anilines is 2. The summed E-state index contributed by atoms with van der Waals surface area (Å²) in [6.45, 7) is 1.89. The second-order valence-electron chi connectivity index (χ2n) is 8.18. The van der Waals surface area contributed by atoms with Gasteiger partial charge in [0.05, 0.1) is 23.2 Å². The first-order chi connectivity index (χ1) is 15.5. The van der Waals surface area contributed by atoms with Gasteiger partial charge in [-0.15, -0.1) is 11.3 Å². The van der Waals surface area contributed by atoms with Gasteiger partial charge in [0.1, 0.15) is 23.1 Å². The van der Waals surface area contributed by atoms with Crippen LogP contribution in [0.3, 0.4) is 0 Å². The van der Waals surface area contributed by atoms with Crippen LogP contribution in [-0.2, 0) is 17.6 Å². The number of aliphatic hydroxyl groups is 1. The van der Waals surface area contributed by atoms with Crippen molar-refractivity contribution in [3.8, 4) is 0 Å². The maximum atomic E-state index is 12.3. The van der Waals surface area contributed by atoms with Gasteiger partial charge < -0.3 is 20.1 Å². The zero-order chi connectivity index (χ0) is 22.2. The Morgan fingerprint density at radius 3 is 3.16 bits per heavy atom. The van der Waals surface area contributed by atoms with Crippen LogP contribution < -0.4 is 5.32 Å². The highest BCUT2D eigenvalue weighted by atomic mass is 32.1. The third-order valence-corrected chi connectivity index (χ3v) is 6.78. The smallest absolute Gasteiger partial charge is 0.409 e. The largest absolute Gasteiger partial charge is 0.446 e. The van der Waals surface area contributed by atoms with Crippen LogP contribution in [0.2, 0.25) is 0 Å². The lowest BCUT2D eigenvalue weighted by Gasteiger charge is -2.26. The molecule has 10 heteroatoms. The number of aromatic nitrogens is 4. The number of ether oxygens (including phenoxy) is 1. The number of carbonyl (C=O) groups excluding carboxylic acids is 1. The number of nitrogens with zero attached hydrogens (tertiary/aromatic N) is 4. The molecule has 3 heterocycles. The number of likely N-dealkylation sites (N-methyl/N-ethyl adjacent to an activating group) is 1. The van der Waals surface area contributed by atoms with E-state index in [9.17, 15) is 9.90 Å². The summed E-state index contributed by atoms with van der Waals surface area (Å²) in [5, 5.41) is 22.0. The van der Waals surface area contributed by atoms with Crippen LogP contribution in [0.15, 0.2) is 30.7 Å². The highest BCUT2D eigenvalue weighted by Gasteiger charge is 2.28. The van der Waals surface area contributed by atoms with Crippen LogP contribution in [0, 0.1) is 0 Å². The Hall–Kier alpha value is -3.24. The Labute approximate surface area is 188 Å². The minimum Gasteiger partial charge on any atom is -0.446 e. The van der Waals surface area contributed by atoms with Gasteiger partial charge in [-0.05, 0) is 43.5 Å². The zero-order valence-corrected chi connectivity index (χ0v) is 18.6. The molecule has 9 nitrogen and oxygen atoms in total. The summed E-state index contributed by atoms with van der Waals surface area (Å²) in [5.74, 6) is 0.780. The number of aryl methyl sites for hydroxylation is 1. The maximum absolute atomic E-state index is 12.3. The third kappa shape index (κ3) is 3.98. The molecule has 0 bridgehead atoms. The number of nitrogens with one attached hydrogen (secondary N) is 2. The van der Waals surface area contributed by atoms with E-state index in [1.54, 1.807) is 37.8 Å². The number of aliphatic hydroxyl groups excluding tert-OH is 1. The molecule has 1 amide bonds. The molecular formula is C22H24N6O3S. The van der Waals surface area contributed by atoms with Gasteiger partial charge in [0.15, 0.2) is 0 Å². The molecular weight excluding hydrogens is 428 g/mol. The van der Waals surface area contributed by atoms with Crippen LogP contribution in [0.25, 0.3) is 21.1 Å². The van der Waals surface area contributed by atoms with E-state index in [4.69, 9.17) is 4.74 Å². The second-order valence-corrected chi connectivity index (χ2v) is 9.26. The van der Waals surface area contributed by atoms with E-state index < -0.39 is 12.2 Å². The van der Waals surface area contributed by atoms with Gasteiger partial charge in [-0.25, -0.2) is 14.8 Å². The minimum absolute atomic E-state index is 0.188.